The fraction of sp³-hybridized carbons (Fsp3) is 0.167. The zero-order valence-corrected chi connectivity index (χ0v) is 13.2. The van der Waals surface area contributed by atoms with Gasteiger partial charge in [0.1, 0.15) is 17.4 Å². The van der Waals surface area contributed by atoms with Crippen LogP contribution in [-0.4, -0.2) is 20.4 Å². The minimum atomic E-state index is -0.618. The number of fused-ring (bicyclic) bond motifs is 4. The summed E-state index contributed by atoms with van der Waals surface area (Å²) in [6, 6.07) is 9.55. The van der Waals surface area contributed by atoms with Crippen molar-refractivity contribution >= 4 is 39.0 Å². The first-order valence-corrected chi connectivity index (χ1v) is 7.62. The second-order valence-corrected chi connectivity index (χ2v) is 6.00. The number of hydrogen-bond donors (Lipinski definition) is 1. The molecule has 0 radical (unpaired) electrons. The summed E-state index contributed by atoms with van der Waals surface area (Å²) < 4.78 is 15.5. The van der Waals surface area contributed by atoms with E-state index in [4.69, 9.17) is 5.73 Å². The van der Waals surface area contributed by atoms with E-state index < -0.39 is 11.9 Å². The fourth-order valence-corrected chi connectivity index (χ4v) is 3.05. The van der Waals surface area contributed by atoms with Gasteiger partial charge < -0.3 is 10.3 Å². The van der Waals surface area contributed by atoms with Gasteiger partial charge in [0.15, 0.2) is 5.65 Å². The third-order valence-corrected chi connectivity index (χ3v) is 4.30. The molecule has 120 valence electrons. The van der Waals surface area contributed by atoms with E-state index in [1.165, 1.54) is 12.1 Å². The molecule has 0 aliphatic heterocycles. The second-order valence-electron chi connectivity index (χ2n) is 6.00. The highest BCUT2D eigenvalue weighted by atomic mass is 19.1. The average Bonchev–Trinajstić information content (AvgIpc) is 2.84. The number of amides is 1. The van der Waals surface area contributed by atoms with Gasteiger partial charge in [0.05, 0.1) is 16.6 Å². The van der Waals surface area contributed by atoms with E-state index in [9.17, 15) is 9.18 Å². The summed E-state index contributed by atoms with van der Waals surface area (Å²) in [7, 11) is 0. The van der Waals surface area contributed by atoms with Crippen LogP contribution >= 0.6 is 0 Å². The quantitative estimate of drug-likeness (QED) is 0.616. The maximum atomic E-state index is 13.8. The van der Waals surface area contributed by atoms with E-state index >= 15 is 0 Å². The number of hydrogen-bond acceptors (Lipinski definition) is 3. The number of aromatic nitrogens is 3. The maximum Gasteiger partial charge on any atom is 0.240 e. The monoisotopic (exact) mass is 322 g/mol. The van der Waals surface area contributed by atoms with Crippen molar-refractivity contribution < 1.29 is 9.18 Å². The molecule has 2 aromatic carbocycles. The van der Waals surface area contributed by atoms with Gasteiger partial charge in [-0.15, -0.1) is 0 Å². The molecule has 1 unspecified atom stereocenters. The molecular weight excluding hydrogens is 307 g/mol. The van der Waals surface area contributed by atoms with Crippen LogP contribution in [0, 0.1) is 12.7 Å². The summed E-state index contributed by atoms with van der Waals surface area (Å²) in [6.45, 7) is 3.68. The van der Waals surface area contributed by atoms with Crippen LogP contribution in [0.1, 0.15) is 18.5 Å². The Labute approximate surface area is 136 Å². The van der Waals surface area contributed by atoms with Gasteiger partial charge in [-0.05, 0) is 49.7 Å². The number of aryl methyl sites for hydroxylation is 1. The SMILES string of the molecule is Cc1ccc2nc3c4cc(F)ccc4n(C(C)C(N)=O)c3nc2c1. The molecule has 2 heterocycles. The highest BCUT2D eigenvalue weighted by Gasteiger charge is 2.21. The smallest absolute Gasteiger partial charge is 0.240 e. The number of rotatable bonds is 2. The minimum absolute atomic E-state index is 0.362. The lowest BCUT2D eigenvalue weighted by Gasteiger charge is -2.12. The highest BCUT2D eigenvalue weighted by molar-refractivity contribution is 6.07. The van der Waals surface area contributed by atoms with E-state index in [1.54, 1.807) is 17.6 Å². The number of carbonyl (C=O) groups excluding carboxylic acids is 1. The van der Waals surface area contributed by atoms with Gasteiger partial charge in [-0.2, -0.15) is 0 Å². The zero-order chi connectivity index (χ0) is 17.0. The first kappa shape index (κ1) is 14.6. The third-order valence-electron chi connectivity index (χ3n) is 4.30. The van der Waals surface area contributed by atoms with Crippen molar-refractivity contribution in [2.75, 3.05) is 0 Å². The Morgan fingerprint density at radius 3 is 2.71 bits per heavy atom. The van der Waals surface area contributed by atoms with Crippen LogP contribution in [0.2, 0.25) is 0 Å². The standard InChI is InChI=1S/C18H15FN4O/c1-9-3-5-13-14(7-9)22-18-16(21-13)12-8-11(19)4-6-15(12)23(18)10(2)17(20)24/h3-8,10H,1-2H3,(H2,20,24). The molecule has 24 heavy (non-hydrogen) atoms. The summed E-state index contributed by atoms with van der Waals surface area (Å²) in [4.78, 5) is 21.1. The Morgan fingerprint density at radius 1 is 1.17 bits per heavy atom. The van der Waals surface area contributed by atoms with Crippen molar-refractivity contribution in [3.05, 3.63) is 47.8 Å². The predicted octanol–water partition coefficient (Wildman–Crippen LogP) is 3.23. The molecule has 0 saturated carbocycles. The van der Waals surface area contributed by atoms with E-state index in [2.05, 4.69) is 9.97 Å². The molecule has 0 aliphatic carbocycles. The van der Waals surface area contributed by atoms with Crippen molar-refractivity contribution in [3.63, 3.8) is 0 Å². The molecule has 1 atom stereocenters. The van der Waals surface area contributed by atoms with Gasteiger partial charge in [0.25, 0.3) is 0 Å². The van der Waals surface area contributed by atoms with Crippen molar-refractivity contribution in [1.82, 2.24) is 14.5 Å². The van der Waals surface area contributed by atoms with Crippen LogP contribution in [0.25, 0.3) is 33.1 Å². The predicted molar refractivity (Wildman–Crippen MR) is 91.1 cm³/mol. The van der Waals surface area contributed by atoms with Gasteiger partial charge in [-0.1, -0.05) is 6.07 Å². The molecule has 6 heteroatoms. The Kier molecular flexibility index (Phi) is 3.03. The lowest BCUT2D eigenvalue weighted by atomic mass is 10.2. The fourth-order valence-electron chi connectivity index (χ4n) is 3.05. The Hall–Kier alpha value is -3.02. The molecule has 4 rings (SSSR count). The van der Waals surface area contributed by atoms with E-state index in [0.29, 0.717) is 22.1 Å². The lowest BCUT2D eigenvalue weighted by molar-refractivity contribution is -0.120. The second kappa shape index (κ2) is 4.99. The van der Waals surface area contributed by atoms with Gasteiger partial charge in [0, 0.05) is 5.39 Å². The summed E-state index contributed by atoms with van der Waals surface area (Å²) in [5.41, 5.74) is 9.78. The molecule has 0 spiro atoms. The number of primary amides is 1. The van der Waals surface area contributed by atoms with Crippen molar-refractivity contribution in [2.45, 2.75) is 19.9 Å². The summed E-state index contributed by atoms with van der Waals surface area (Å²) in [5.74, 6) is -0.844. The Balaban J connectivity index is 2.22. The van der Waals surface area contributed by atoms with Crippen molar-refractivity contribution in [1.29, 1.82) is 0 Å². The average molecular weight is 322 g/mol. The van der Waals surface area contributed by atoms with E-state index in [-0.39, 0.29) is 5.82 Å². The topological polar surface area (TPSA) is 73.8 Å². The molecule has 2 N–H and O–H groups in total. The summed E-state index contributed by atoms with van der Waals surface area (Å²) in [6.07, 6.45) is 0. The number of halogens is 1. The Bertz CT molecular complexity index is 1130. The molecule has 0 fully saturated rings. The first-order chi connectivity index (χ1) is 11.5. The molecular formula is C18H15FN4O. The van der Waals surface area contributed by atoms with Gasteiger partial charge in [0.2, 0.25) is 5.91 Å². The normalized spacial score (nSPS) is 13.0. The van der Waals surface area contributed by atoms with Crippen LogP contribution in [0.4, 0.5) is 4.39 Å². The number of carbonyl (C=O) groups is 1. The molecule has 4 aromatic rings. The number of nitrogens with two attached hydrogens (primary N) is 1. The van der Waals surface area contributed by atoms with E-state index in [0.717, 1.165) is 16.6 Å². The Morgan fingerprint density at radius 2 is 1.96 bits per heavy atom. The molecule has 1 amide bonds. The van der Waals surface area contributed by atoms with Crippen molar-refractivity contribution in [2.24, 2.45) is 5.73 Å². The van der Waals surface area contributed by atoms with Gasteiger partial charge in [-0.25, -0.2) is 14.4 Å². The van der Waals surface area contributed by atoms with Crippen molar-refractivity contribution in [3.8, 4) is 0 Å². The number of benzene rings is 2. The molecule has 2 aromatic heterocycles. The lowest BCUT2D eigenvalue weighted by Crippen LogP contribution is -2.24. The first-order valence-electron chi connectivity index (χ1n) is 7.62. The zero-order valence-electron chi connectivity index (χ0n) is 13.2. The van der Waals surface area contributed by atoms with Crippen LogP contribution in [0.5, 0.6) is 0 Å². The third kappa shape index (κ3) is 2.03. The highest BCUT2D eigenvalue weighted by Crippen LogP contribution is 2.31. The van der Waals surface area contributed by atoms with Gasteiger partial charge in [-0.3, -0.25) is 4.79 Å². The molecule has 0 bridgehead atoms. The van der Waals surface area contributed by atoms with Crippen LogP contribution in [0.3, 0.4) is 0 Å². The molecule has 0 saturated heterocycles. The largest absolute Gasteiger partial charge is 0.368 e. The summed E-state index contributed by atoms with van der Waals surface area (Å²) >= 11 is 0. The summed E-state index contributed by atoms with van der Waals surface area (Å²) in [5, 5.41) is 0.619. The number of nitrogens with zero attached hydrogens (tertiary/aromatic N) is 3. The maximum absolute atomic E-state index is 13.8. The molecule has 0 aliphatic rings. The molecule has 5 nitrogen and oxygen atoms in total. The van der Waals surface area contributed by atoms with Crippen LogP contribution < -0.4 is 5.73 Å². The van der Waals surface area contributed by atoms with E-state index in [1.807, 2.05) is 25.1 Å². The van der Waals surface area contributed by atoms with Gasteiger partial charge >= 0.3 is 0 Å². The van der Waals surface area contributed by atoms with Crippen LogP contribution in [-0.2, 0) is 4.79 Å². The van der Waals surface area contributed by atoms with Crippen LogP contribution in [0.15, 0.2) is 36.4 Å². The minimum Gasteiger partial charge on any atom is -0.368 e.